The van der Waals surface area contributed by atoms with E-state index in [0.717, 1.165) is 18.5 Å². The fourth-order valence-corrected chi connectivity index (χ4v) is 1.99. The summed E-state index contributed by atoms with van der Waals surface area (Å²) in [5, 5.41) is 12.8. The van der Waals surface area contributed by atoms with Gasteiger partial charge in [0.25, 0.3) is 0 Å². The maximum Gasteiger partial charge on any atom is 0.0992 e. The molecular formula is C14H19ClN2. The third-order valence-corrected chi connectivity index (χ3v) is 3.17. The molecule has 2 nitrogen and oxygen atoms in total. The zero-order valence-electron chi connectivity index (χ0n) is 10.5. The second-order valence-corrected chi connectivity index (χ2v) is 4.61. The predicted molar refractivity (Wildman–Crippen MR) is 73.4 cm³/mol. The average molecular weight is 251 g/mol. The Balaban J connectivity index is 2.69. The maximum absolute atomic E-state index is 8.77. The van der Waals surface area contributed by atoms with Crippen LogP contribution in [0.3, 0.4) is 0 Å². The van der Waals surface area contributed by atoms with E-state index in [1.165, 1.54) is 12.8 Å². The molecule has 0 radical (unpaired) electrons. The van der Waals surface area contributed by atoms with E-state index in [1.807, 2.05) is 6.07 Å². The van der Waals surface area contributed by atoms with Crippen molar-refractivity contribution >= 4 is 17.3 Å². The molecule has 0 spiro atoms. The normalized spacial score (nSPS) is 11.9. The van der Waals surface area contributed by atoms with Crippen molar-refractivity contribution in [3.8, 4) is 6.07 Å². The first kappa shape index (κ1) is 13.9. The molecule has 1 rings (SSSR count). The van der Waals surface area contributed by atoms with Gasteiger partial charge in [-0.1, -0.05) is 38.3 Å². The van der Waals surface area contributed by atoms with E-state index in [1.54, 1.807) is 12.1 Å². The van der Waals surface area contributed by atoms with Crippen molar-refractivity contribution in [3.63, 3.8) is 0 Å². The molecule has 17 heavy (non-hydrogen) atoms. The topological polar surface area (TPSA) is 35.8 Å². The lowest BCUT2D eigenvalue weighted by Gasteiger charge is -2.18. The molecule has 0 saturated heterocycles. The van der Waals surface area contributed by atoms with Crippen molar-refractivity contribution in [1.29, 1.82) is 5.26 Å². The molecule has 0 aliphatic carbocycles. The standard InChI is InChI=1S/C14H19ClN2/c1-3-5-6-12(4-2)17-14-8-7-11(10-16)9-13(14)15/h7-9,12,17H,3-6H2,1-2H3. The van der Waals surface area contributed by atoms with Crippen LogP contribution in [0.4, 0.5) is 5.69 Å². The van der Waals surface area contributed by atoms with E-state index in [2.05, 4.69) is 25.2 Å². The number of benzene rings is 1. The fraction of sp³-hybridized carbons (Fsp3) is 0.500. The van der Waals surface area contributed by atoms with Crippen molar-refractivity contribution in [3.05, 3.63) is 28.8 Å². The van der Waals surface area contributed by atoms with Gasteiger partial charge in [0, 0.05) is 6.04 Å². The Morgan fingerprint density at radius 1 is 1.41 bits per heavy atom. The van der Waals surface area contributed by atoms with Gasteiger partial charge in [-0.2, -0.15) is 5.26 Å². The highest BCUT2D eigenvalue weighted by atomic mass is 35.5. The fourth-order valence-electron chi connectivity index (χ4n) is 1.75. The van der Waals surface area contributed by atoms with Crippen molar-refractivity contribution in [2.75, 3.05) is 5.32 Å². The largest absolute Gasteiger partial charge is 0.381 e. The lowest BCUT2D eigenvalue weighted by atomic mass is 10.1. The van der Waals surface area contributed by atoms with E-state index < -0.39 is 0 Å². The van der Waals surface area contributed by atoms with Crippen molar-refractivity contribution in [1.82, 2.24) is 0 Å². The minimum Gasteiger partial charge on any atom is -0.381 e. The number of rotatable bonds is 6. The number of hydrogen-bond acceptors (Lipinski definition) is 2. The minimum absolute atomic E-state index is 0.459. The highest BCUT2D eigenvalue weighted by Crippen LogP contribution is 2.24. The number of unbranched alkanes of at least 4 members (excludes halogenated alkanes) is 1. The van der Waals surface area contributed by atoms with Gasteiger partial charge in [0.15, 0.2) is 0 Å². The van der Waals surface area contributed by atoms with Crippen LogP contribution in [0.25, 0.3) is 0 Å². The molecule has 1 unspecified atom stereocenters. The van der Waals surface area contributed by atoms with Gasteiger partial charge < -0.3 is 5.32 Å². The molecule has 0 fully saturated rings. The van der Waals surface area contributed by atoms with Crippen LogP contribution in [0.15, 0.2) is 18.2 Å². The third kappa shape index (κ3) is 4.28. The second kappa shape index (κ2) is 7.19. The van der Waals surface area contributed by atoms with Crippen molar-refractivity contribution in [2.45, 2.75) is 45.6 Å². The second-order valence-electron chi connectivity index (χ2n) is 4.20. The van der Waals surface area contributed by atoms with Gasteiger partial charge in [-0.3, -0.25) is 0 Å². The Morgan fingerprint density at radius 2 is 2.18 bits per heavy atom. The predicted octanol–water partition coefficient (Wildman–Crippen LogP) is 4.59. The first-order valence-electron chi connectivity index (χ1n) is 6.17. The SMILES string of the molecule is CCCCC(CC)Nc1ccc(C#N)cc1Cl. The lowest BCUT2D eigenvalue weighted by Crippen LogP contribution is -2.18. The molecule has 1 atom stereocenters. The summed E-state index contributed by atoms with van der Waals surface area (Å²) in [6.07, 6.45) is 4.67. The number of halogens is 1. The van der Waals surface area contributed by atoms with Gasteiger partial charge in [0.05, 0.1) is 22.3 Å². The van der Waals surface area contributed by atoms with Crippen LogP contribution in [0.1, 0.15) is 45.1 Å². The van der Waals surface area contributed by atoms with Gasteiger partial charge >= 0.3 is 0 Å². The molecule has 0 saturated carbocycles. The molecule has 0 aliphatic rings. The monoisotopic (exact) mass is 250 g/mol. The summed E-state index contributed by atoms with van der Waals surface area (Å²) in [6, 6.07) is 7.92. The van der Waals surface area contributed by atoms with Crippen LogP contribution in [0, 0.1) is 11.3 Å². The third-order valence-electron chi connectivity index (χ3n) is 2.86. The molecule has 92 valence electrons. The van der Waals surface area contributed by atoms with Crippen molar-refractivity contribution < 1.29 is 0 Å². The first-order valence-corrected chi connectivity index (χ1v) is 6.55. The van der Waals surface area contributed by atoms with E-state index in [9.17, 15) is 0 Å². The smallest absolute Gasteiger partial charge is 0.0992 e. The average Bonchev–Trinajstić information content (AvgIpc) is 2.36. The van der Waals surface area contributed by atoms with Gasteiger partial charge in [0.1, 0.15) is 0 Å². The van der Waals surface area contributed by atoms with Crippen LogP contribution in [-0.2, 0) is 0 Å². The zero-order valence-corrected chi connectivity index (χ0v) is 11.2. The van der Waals surface area contributed by atoms with E-state index in [-0.39, 0.29) is 0 Å². The summed E-state index contributed by atoms with van der Waals surface area (Å²) >= 11 is 6.13. The summed E-state index contributed by atoms with van der Waals surface area (Å²) in [4.78, 5) is 0. The van der Waals surface area contributed by atoms with Gasteiger partial charge in [-0.05, 0) is 31.0 Å². The molecular weight excluding hydrogens is 232 g/mol. The number of anilines is 1. The van der Waals surface area contributed by atoms with Gasteiger partial charge in [-0.25, -0.2) is 0 Å². The van der Waals surface area contributed by atoms with Gasteiger partial charge in [0.2, 0.25) is 0 Å². The van der Waals surface area contributed by atoms with Crippen LogP contribution < -0.4 is 5.32 Å². The maximum atomic E-state index is 8.77. The molecule has 0 aromatic heterocycles. The Hall–Kier alpha value is -1.20. The Bertz CT molecular complexity index is 396. The Morgan fingerprint density at radius 3 is 2.71 bits per heavy atom. The highest BCUT2D eigenvalue weighted by Gasteiger charge is 2.08. The molecule has 3 heteroatoms. The molecule has 0 heterocycles. The van der Waals surface area contributed by atoms with Crippen LogP contribution in [-0.4, -0.2) is 6.04 Å². The minimum atomic E-state index is 0.459. The summed E-state index contributed by atoms with van der Waals surface area (Å²) in [5.74, 6) is 0. The summed E-state index contributed by atoms with van der Waals surface area (Å²) in [7, 11) is 0. The van der Waals surface area contributed by atoms with Crippen LogP contribution in [0.2, 0.25) is 5.02 Å². The van der Waals surface area contributed by atoms with Gasteiger partial charge in [-0.15, -0.1) is 0 Å². The number of nitrogens with zero attached hydrogens (tertiary/aromatic N) is 1. The molecule has 0 amide bonds. The van der Waals surface area contributed by atoms with E-state index in [4.69, 9.17) is 16.9 Å². The molecule has 1 aromatic carbocycles. The highest BCUT2D eigenvalue weighted by molar-refractivity contribution is 6.33. The van der Waals surface area contributed by atoms with Crippen LogP contribution in [0.5, 0.6) is 0 Å². The summed E-state index contributed by atoms with van der Waals surface area (Å²) in [5.41, 5.74) is 1.52. The first-order chi connectivity index (χ1) is 8.21. The number of hydrogen-bond donors (Lipinski definition) is 1. The van der Waals surface area contributed by atoms with E-state index >= 15 is 0 Å². The van der Waals surface area contributed by atoms with E-state index in [0.29, 0.717) is 16.6 Å². The molecule has 1 aromatic rings. The molecule has 0 bridgehead atoms. The van der Waals surface area contributed by atoms with Crippen molar-refractivity contribution in [2.24, 2.45) is 0 Å². The number of nitrogens with one attached hydrogen (secondary N) is 1. The quantitative estimate of drug-likeness (QED) is 0.801. The summed E-state index contributed by atoms with van der Waals surface area (Å²) < 4.78 is 0. The lowest BCUT2D eigenvalue weighted by molar-refractivity contribution is 0.593. The van der Waals surface area contributed by atoms with Crippen LogP contribution >= 0.6 is 11.6 Å². The molecule has 1 N–H and O–H groups in total. The Labute approximate surface area is 109 Å². The number of nitriles is 1. The molecule has 0 aliphatic heterocycles. The Kier molecular flexibility index (Phi) is 5.86. The summed E-state index contributed by atoms with van der Waals surface area (Å²) in [6.45, 7) is 4.37. The zero-order chi connectivity index (χ0) is 12.7.